The first-order chi connectivity index (χ1) is 11.3. The first-order valence-electron chi connectivity index (χ1n) is 7.94. The minimum absolute atomic E-state index is 0.511. The standard InChI is InChI=1S/C16H26N4O2S/c1-17-16(20-12-14-4-3-9-23-14)19-11-13-5-6-15(18-10-13)22-8-7-21-2/h5-6,10,14H,3-4,7-9,11-12H2,1-2H3,(H2,17,19,20). The topological polar surface area (TPSA) is 67.8 Å². The molecule has 1 unspecified atom stereocenters. The number of pyridine rings is 1. The first kappa shape index (κ1) is 17.9. The molecule has 0 saturated carbocycles. The van der Waals surface area contributed by atoms with Gasteiger partial charge in [0.05, 0.1) is 6.61 Å². The van der Waals surface area contributed by atoms with Crippen LogP contribution in [0, 0.1) is 0 Å². The minimum atomic E-state index is 0.511. The molecule has 0 aromatic carbocycles. The van der Waals surface area contributed by atoms with Crippen LogP contribution in [0.5, 0.6) is 5.88 Å². The number of ether oxygens (including phenoxy) is 2. The Balaban J connectivity index is 1.70. The quantitative estimate of drug-likeness (QED) is 0.427. The number of nitrogens with zero attached hydrogens (tertiary/aromatic N) is 2. The van der Waals surface area contributed by atoms with Crippen LogP contribution in [0.4, 0.5) is 0 Å². The summed E-state index contributed by atoms with van der Waals surface area (Å²) in [7, 11) is 3.44. The molecule has 128 valence electrons. The third-order valence-electron chi connectivity index (χ3n) is 3.54. The van der Waals surface area contributed by atoms with Crippen LogP contribution in [-0.2, 0) is 11.3 Å². The van der Waals surface area contributed by atoms with E-state index in [2.05, 4.69) is 20.6 Å². The molecule has 0 bridgehead atoms. The Morgan fingerprint density at radius 2 is 2.30 bits per heavy atom. The smallest absolute Gasteiger partial charge is 0.213 e. The Labute approximate surface area is 142 Å². The molecule has 1 saturated heterocycles. The highest BCUT2D eigenvalue weighted by molar-refractivity contribution is 8.00. The van der Waals surface area contributed by atoms with E-state index in [0.29, 0.717) is 30.9 Å². The first-order valence-corrected chi connectivity index (χ1v) is 8.99. The molecular formula is C16H26N4O2S. The molecule has 1 aromatic rings. The van der Waals surface area contributed by atoms with Gasteiger partial charge in [0.2, 0.25) is 5.88 Å². The summed E-state index contributed by atoms with van der Waals surface area (Å²) < 4.78 is 10.4. The number of aromatic nitrogens is 1. The van der Waals surface area contributed by atoms with Gasteiger partial charge in [-0.25, -0.2) is 4.98 Å². The molecule has 1 aliphatic heterocycles. The highest BCUT2D eigenvalue weighted by atomic mass is 32.2. The second-order valence-electron chi connectivity index (χ2n) is 5.29. The lowest BCUT2D eigenvalue weighted by Gasteiger charge is -2.14. The van der Waals surface area contributed by atoms with Crippen molar-refractivity contribution in [2.45, 2.75) is 24.6 Å². The van der Waals surface area contributed by atoms with Gasteiger partial charge in [0.25, 0.3) is 0 Å². The van der Waals surface area contributed by atoms with E-state index in [4.69, 9.17) is 9.47 Å². The van der Waals surface area contributed by atoms with E-state index < -0.39 is 0 Å². The fraction of sp³-hybridized carbons (Fsp3) is 0.625. The zero-order valence-corrected chi connectivity index (χ0v) is 14.7. The lowest BCUT2D eigenvalue weighted by atomic mass is 10.2. The average Bonchev–Trinajstić information content (AvgIpc) is 3.10. The van der Waals surface area contributed by atoms with Crippen LogP contribution < -0.4 is 15.4 Å². The summed E-state index contributed by atoms with van der Waals surface area (Å²) >= 11 is 2.04. The summed E-state index contributed by atoms with van der Waals surface area (Å²) in [5.41, 5.74) is 1.09. The molecule has 0 aliphatic carbocycles. The van der Waals surface area contributed by atoms with E-state index in [0.717, 1.165) is 18.1 Å². The molecule has 6 nitrogen and oxygen atoms in total. The van der Waals surface area contributed by atoms with Crippen molar-refractivity contribution in [3.63, 3.8) is 0 Å². The largest absolute Gasteiger partial charge is 0.475 e. The van der Waals surface area contributed by atoms with Crippen molar-refractivity contribution in [2.24, 2.45) is 4.99 Å². The third-order valence-corrected chi connectivity index (χ3v) is 4.94. The zero-order chi connectivity index (χ0) is 16.3. The number of aliphatic imine (C=N–C) groups is 1. The summed E-state index contributed by atoms with van der Waals surface area (Å²) in [4.78, 5) is 8.54. The lowest BCUT2D eigenvalue weighted by molar-refractivity contribution is 0.143. The number of methoxy groups -OCH3 is 1. The summed E-state index contributed by atoms with van der Waals surface area (Å²) in [6.45, 7) is 2.72. The monoisotopic (exact) mass is 338 g/mol. The van der Waals surface area contributed by atoms with Gasteiger partial charge in [0.1, 0.15) is 6.61 Å². The van der Waals surface area contributed by atoms with Gasteiger partial charge in [-0.3, -0.25) is 4.99 Å². The van der Waals surface area contributed by atoms with Gasteiger partial charge in [-0.05, 0) is 24.2 Å². The van der Waals surface area contributed by atoms with Crippen LogP contribution in [0.1, 0.15) is 18.4 Å². The SMILES string of the molecule is CN=C(NCc1ccc(OCCOC)nc1)NCC1CCCS1. The van der Waals surface area contributed by atoms with Crippen molar-refractivity contribution in [3.05, 3.63) is 23.9 Å². The maximum atomic E-state index is 5.45. The van der Waals surface area contributed by atoms with Crippen molar-refractivity contribution in [1.82, 2.24) is 15.6 Å². The van der Waals surface area contributed by atoms with Gasteiger partial charge in [-0.2, -0.15) is 11.8 Å². The van der Waals surface area contributed by atoms with Crippen LogP contribution in [-0.4, -0.2) is 55.9 Å². The van der Waals surface area contributed by atoms with Crippen molar-refractivity contribution in [2.75, 3.05) is 39.7 Å². The van der Waals surface area contributed by atoms with E-state index in [1.165, 1.54) is 18.6 Å². The van der Waals surface area contributed by atoms with Gasteiger partial charge >= 0.3 is 0 Å². The molecule has 2 rings (SSSR count). The Bertz CT molecular complexity index is 475. The number of thioether (sulfide) groups is 1. The van der Waals surface area contributed by atoms with Crippen LogP contribution in [0.3, 0.4) is 0 Å². The normalized spacial score (nSPS) is 18.0. The van der Waals surface area contributed by atoms with Crippen molar-refractivity contribution < 1.29 is 9.47 Å². The number of hydrogen-bond acceptors (Lipinski definition) is 5. The van der Waals surface area contributed by atoms with Gasteiger partial charge in [0.15, 0.2) is 5.96 Å². The van der Waals surface area contributed by atoms with Gasteiger partial charge < -0.3 is 20.1 Å². The van der Waals surface area contributed by atoms with Crippen molar-refractivity contribution >= 4 is 17.7 Å². The van der Waals surface area contributed by atoms with Crippen LogP contribution in [0.2, 0.25) is 0 Å². The van der Waals surface area contributed by atoms with E-state index in [1.807, 2.05) is 30.1 Å². The van der Waals surface area contributed by atoms with E-state index >= 15 is 0 Å². The molecule has 7 heteroatoms. The highest BCUT2D eigenvalue weighted by Crippen LogP contribution is 2.25. The van der Waals surface area contributed by atoms with Crippen LogP contribution in [0.15, 0.2) is 23.3 Å². The molecule has 1 aliphatic rings. The summed E-state index contributed by atoms with van der Waals surface area (Å²) in [6, 6.07) is 3.88. The number of guanidine groups is 1. The molecule has 1 aromatic heterocycles. The molecule has 0 spiro atoms. The van der Waals surface area contributed by atoms with Gasteiger partial charge in [0, 0.05) is 44.8 Å². The molecule has 0 amide bonds. The number of rotatable bonds is 8. The second kappa shape index (κ2) is 10.3. The van der Waals surface area contributed by atoms with Crippen LogP contribution in [0.25, 0.3) is 0 Å². The van der Waals surface area contributed by atoms with Gasteiger partial charge in [-0.15, -0.1) is 0 Å². The summed E-state index contributed by atoms with van der Waals surface area (Å²) in [6.07, 6.45) is 4.44. The molecular weight excluding hydrogens is 312 g/mol. The molecule has 23 heavy (non-hydrogen) atoms. The Hall–Kier alpha value is -1.47. The third kappa shape index (κ3) is 6.66. The predicted octanol–water partition coefficient (Wildman–Crippen LogP) is 1.67. The van der Waals surface area contributed by atoms with Crippen LogP contribution >= 0.6 is 11.8 Å². The van der Waals surface area contributed by atoms with Crippen molar-refractivity contribution in [1.29, 1.82) is 0 Å². The molecule has 1 atom stereocenters. The maximum absolute atomic E-state index is 5.45. The highest BCUT2D eigenvalue weighted by Gasteiger charge is 2.15. The van der Waals surface area contributed by atoms with E-state index in [9.17, 15) is 0 Å². The Morgan fingerprint density at radius 3 is 2.96 bits per heavy atom. The number of hydrogen-bond donors (Lipinski definition) is 2. The van der Waals surface area contributed by atoms with E-state index in [1.54, 1.807) is 14.2 Å². The zero-order valence-electron chi connectivity index (χ0n) is 13.9. The fourth-order valence-corrected chi connectivity index (χ4v) is 3.45. The maximum Gasteiger partial charge on any atom is 0.213 e. The molecule has 2 heterocycles. The Kier molecular flexibility index (Phi) is 8.03. The van der Waals surface area contributed by atoms with Crippen molar-refractivity contribution in [3.8, 4) is 5.88 Å². The lowest BCUT2D eigenvalue weighted by Crippen LogP contribution is -2.39. The summed E-state index contributed by atoms with van der Waals surface area (Å²) in [5, 5.41) is 7.40. The average molecular weight is 338 g/mol. The minimum Gasteiger partial charge on any atom is -0.475 e. The summed E-state index contributed by atoms with van der Waals surface area (Å²) in [5.74, 6) is 2.73. The molecule has 1 fully saturated rings. The fourth-order valence-electron chi connectivity index (χ4n) is 2.25. The van der Waals surface area contributed by atoms with E-state index in [-0.39, 0.29) is 0 Å². The predicted molar refractivity (Wildman–Crippen MR) is 95.3 cm³/mol. The molecule has 0 radical (unpaired) electrons. The van der Waals surface area contributed by atoms with Gasteiger partial charge in [-0.1, -0.05) is 6.07 Å². The number of nitrogens with one attached hydrogen (secondary N) is 2. The Morgan fingerprint density at radius 1 is 1.39 bits per heavy atom. The molecule has 2 N–H and O–H groups in total. The second-order valence-corrected chi connectivity index (χ2v) is 6.70.